The van der Waals surface area contributed by atoms with E-state index in [0.717, 1.165) is 61.1 Å². The number of aryl methyl sites for hydroxylation is 1. The smallest absolute Gasteiger partial charge is 0.181 e. The molecule has 0 saturated heterocycles. The van der Waals surface area contributed by atoms with E-state index in [-0.39, 0.29) is 0 Å². The first-order chi connectivity index (χ1) is 12.8. The van der Waals surface area contributed by atoms with Crippen LogP contribution in [-0.4, -0.2) is 43.2 Å². The molecule has 26 heavy (non-hydrogen) atoms. The highest BCUT2D eigenvalue weighted by atomic mass is 15.2. The van der Waals surface area contributed by atoms with E-state index in [9.17, 15) is 0 Å². The van der Waals surface area contributed by atoms with Crippen LogP contribution in [0.15, 0.2) is 24.5 Å². The molecule has 0 aliphatic carbocycles. The molecule has 0 saturated carbocycles. The summed E-state index contributed by atoms with van der Waals surface area (Å²) in [5.41, 5.74) is 3.30. The van der Waals surface area contributed by atoms with E-state index in [0.29, 0.717) is 12.4 Å². The average molecular weight is 350 g/mol. The SMILES string of the molecule is CCc1nc2c(c(NCc3nc(-c4ccncc4)n[nH]3)n1)CCNCC2. The van der Waals surface area contributed by atoms with Gasteiger partial charge in [-0.25, -0.2) is 15.0 Å². The van der Waals surface area contributed by atoms with Crippen molar-refractivity contribution in [2.75, 3.05) is 18.4 Å². The Balaban J connectivity index is 1.54. The summed E-state index contributed by atoms with van der Waals surface area (Å²) in [5.74, 6) is 3.23. The van der Waals surface area contributed by atoms with Crippen LogP contribution in [0.2, 0.25) is 0 Å². The Labute approximate surface area is 151 Å². The van der Waals surface area contributed by atoms with Crippen LogP contribution in [0, 0.1) is 0 Å². The maximum atomic E-state index is 4.72. The standard InChI is InChI=1S/C18H22N8/c1-2-15-22-14-6-10-20-9-5-13(14)18(23-15)21-11-16-24-17(26-25-16)12-3-7-19-8-4-12/h3-4,7-8,20H,2,5-6,9-11H2,1H3,(H,21,22,23)(H,24,25,26). The molecule has 3 N–H and O–H groups in total. The third-order valence-corrected chi connectivity index (χ3v) is 4.44. The Morgan fingerprint density at radius 2 is 1.92 bits per heavy atom. The molecule has 0 fully saturated rings. The fourth-order valence-corrected chi connectivity index (χ4v) is 3.07. The van der Waals surface area contributed by atoms with Gasteiger partial charge in [0.2, 0.25) is 0 Å². The van der Waals surface area contributed by atoms with Gasteiger partial charge in [-0.05, 0) is 25.1 Å². The summed E-state index contributed by atoms with van der Waals surface area (Å²) in [4.78, 5) is 18.0. The molecule has 0 unspecified atom stereocenters. The summed E-state index contributed by atoms with van der Waals surface area (Å²) < 4.78 is 0. The van der Waals surface area contributed by atoms with Gasteiger partial charge in [-0.15, -0.1) is 0 Å². The lowest BCUT2D eigenvalue weighted by Crippen LogP contribution is -2.16. The third-order valence-electron chi connectivity index (χ3n) is 4.44. The minimum atomic E-state index is 0.540. The summed E-state index contributed by atoms with van der Waals surface area (Å²) >= 11 is 0. The second-order valence-corrected chi connectivity index (χ2v) is 6.21. The molecule has 8 nitrogen and oxygen atoms in total. The van der Waals surface area contributed by atoms with Crippen LogP contribution in [0.1, 0.15) is 29.8 Å². The van der Waals surface area contributed by atoms with E-state index in [1.54, 1.807) is 12.4 Å². The summed E-state index contributed by atoms with van der Waals surface area (Å²) in [6.07, 6.45) is 6.17. The number of fused-ring (bicyclic) bond motifs is 1. The molecule has 3 aromatic rings. The lowest BCUT2D eigenvalue weighted by Gasteiger charge is -2.13. The first-order valence-electron chi connectivity index (χ1n) is 8.98. The van der Waals surface area contributed by atoms with Crippen LogP contribution >= 0.6 is 0 Å². The van der Waals surface area contributed by atoms with Crippen molar-refractivity contribution in [1.82, 2.24) is 35.5 Å². The fraction of sp³-hybridized carbons (Fsp3) is 0.389. The van der Waals surface area contributed by atoms with Crippen molar-refractivity contribution in [2.45, 2.75) is 32.7 Å². The van der Waals surface area contributed by atoms with Gasteiger partial charge in [0.15, 0.2) is 5.82 Å². The molecular formula is C18H22N8. The summed E-state index contributed by atoms with van der Waals surface area (Å²) in [6.45, 7) is 4.53. The van der Waals surface area contributed by atoms with E-state index in [2.05, 4.69) is 37.7 Å². The number of aromatic nitrogens is 6. The van der Waals surface area contributed by atoms with Crippen LogP contribution in [0.4, 0.5) is 5.82 Å². The highest BCUT2D eigenvalue weighted by Gasteiger charge is 2.16. The summed E-state index contributed by atoms with van der Waals surface area (Å²) in [5, 5.41) is 14.1. The van der Waals surface area contributed by atoms with Crippen molar-refractivity contribution >= 4 is 5.82 Å². The van der Waals surface area contributed by atoms with Gasteiger partial charge in [-0.3, -0.25) is 10.1 Å². The monoisotopic (exact) mass is 350 g/mol. The van der Waals surface area contributed by atoms with Crippen molar-refractivity contribution in [1.29, 1.82) is 0 Å². The van der Waals surface area contributed by atoms with Crippen LogP contribution < -0.4 is 10.6 Å². The highest BCUT2D eigenvalue weighted by molar-refractivity contribution is 5.53. The summed E-state index contributed by atoms with van der Waals surface area (Å²) in [7, 11) is 0. The van der Waals surface area contributed by atoms with Crippen molar-refractivity contribution in [3.63, 3.8) is 0 Å². The molecule has 1 aliphatic rings. The molecule has 0 aromatic carbocycles. The molecule has 0 amide bonds. The Bertz CT molecular complexity index is 874. The zero-order valence-corrected chi connectivity index (χ0v) is 14.8. The number of nitrogens with zero attached hydrogens (tertiary/aromatic N) is 5. The van der Waals surface area contributed by atoms with E-state index < -0.39 is 0 Å². The van der Waals surface area contributed by atoms with E-state index >= 15 is 0 Å². The first-order valence-corrected chi connectivity index (χ1v) is 8.98. The van der Waals surface area contributed by atoms with Crippen molar-refractivity contribution in [2.24, 2.45) is 0 Å². The van der Waals surface area contributed by atoms with Gasteiger partial charge >= 0.3 is 0 Å². The summed E-state index contributed by atoms with van der Waals surface area (Å²) in [6, 6.07) is 3.79. The zero-order valence-electron chi connectivity index (χ0n) is 14.8. The molecule has 0 atom stereocenters. The average Bonchev–Trinajstić information content (AvgIpc) is 3.04. The van der Waals surface area contributed by atoms with Gasteiger partial charge in [-0.2, -0.15) is 5.10 Å². The molecule has 4 heterocycles. The highest BCUT2D eigenvalue weighted by Crippen LogP contribution is 2.21. The van der Waals surface area contributed by atoms with Gasteiger partial charge in [0.25, 0.3) is 0 Å². The zero-order chi connectivity index (χ0) is 17.8. The van der Waals surface area contributed by atoms with E-state index in [1.807, 2.05) is 12.1 Å². The van der Waals surface area contributed by atoms with Crippen LogP contribution in [0.3, 0.4) is 0 Å². The first kappa shape index (κ1) is 16.6. The molecule has 0 spiro atoms. The number of hydrogen-bond donors (Lipinski definition) is 3. The van der Waals surface area contributed by atoms with E-state index in [4.69, 9.17) is 9.97 Å². The van der Waals surface area contributed by atoms with Crippen LogP contribution in [-0.2, 0) is 25.8 Å². The number of pyridine rings is 1. The Hall–Kier alpha value is -2.87. The fourth-order valence-electron chi connectivity index (χ4n) is 3.07. The number of hydrogen-bond acceptors (Lipinski definition) is 7. The minimum absolute atomic E-state index is 0.540. The Kier molecular flexibility index (Phi) is 4.83. The normalized spacial score (nSPS) is 13.9. The second-order valence-electron chi connectivity index (χ2n) is 6.21. The Morgan fingerprint density at radius 3 is 2.77 bits per heavy atom. The van der Waals surface area contributed by atoms with Crippen molar-refractivity contribution in [3.8, 4) is 11.4 Å². The lowest BCUT2D eigenvalue weighted by atomic mass is 10.1. The predicted octanol–water partition coefficient (Wildman–Crippen LogP) is 1.52. The number of anilines is 1. The number of rotatable bonds is 5. The molecule has 0 radical (unpaired) electrons. The van der Waals surface area contributed by atoms with Gasteiger partial charge in [0, 0.05) is 42.9 Å². The van der Waals surface area contributed by atoms with Gasteiger partial charge in [-0.1, -0.05) is 6.92 Å². The van der Waals surface area contributed by atoms with Crippen LogP contribution in [0.25, 0.3) is 11.4 Å². The predicted molar refractivity (Wildman–Crippen MR) is 98.6 cm³/mol. The topological polar surface area (TPSA) is 104 Å². The number of H-pyrrole nitrogens is 1. The number of aromatic amines is 1. The van der Waals surface area contributed by atoms with Gasteiger partial charge < -0.3 is 10.6 Å². The van der Waals surface area contributed by atoms with Crippen LogP contribution in [0.5, 0.6) is 0 Å². The maximum Gasteiger partial charge on any atom is 0.181 e. The molecule has 134 valence electrons. The maximum absolute atomic E-state index is 4.72. The minimum Gasteiger partial charge on any atom is -0.362 e. The van der Waals surface area contributed by atoms with E-state index in [1.165, 1.54) is 5.56 Å². The molecule has 4 rings (SSSR count). The quantitative estimate of drug-likeness (QED) is 0.641. The second kappa shape index (κ2) is 7.57. The lowest BCUT2D eigenvalue weighted by molar-refractivity contribution is 0.708. The molecule has 3 aromatic heterocycles. The Morgan fingerprint density at radius 1 is 1.08 bits per heavy atom. The molecule has 8 heteroatoms. The third kappa shape index (κ3) is 3.55. The largest absolute Gasteiger partial charge is 0.362 e. The molecular weight excluding hydrogens is 328 g/mol. The van der Waals surface area contributed by atoms with Crippen molar-refractivity contribution in [3.05, 3.63) is 47.4 Å². The molecule has 1 aliphatic heterocycles. The van der Waals surface area contributed by atoms with Gasteiger partial charge in [0.05, 0.1) is 12.2 Å². The molecule has 0 bridgehead atoms. The van der Waals surface area contributed by atoms with Crippen molar-refractivity contribution < 1.29 is 0 Å². The number of nitrogens with one attached hydrogen (secondary N) is 3. The van der Waals surface area contributed by atoms with Gasteiger partial charge in [0.1, 0.15) is 17.5 Å².